The van der Waals surface area contributed by atoms with E-state index in [0.29, 0.717) is 29.3 Å². The van der Waals surface area contributed by atoms with Crippen molar-refractivity contribution in [2.75, 3.05) is 13.7 Å². The van der Waals surface area contributed by atoms with Gasteiger partial charge in [0, 0.05) is 12.6 Å². The van der Waals surface area contributed by atoms with Gasteiger partial charge in [-0.1, -0.05) is 33.3 Å². The van der Waals surface area contributed by atoms with Crippen LogP contribution in [0.15, 0.2) is 18.2 Å². The Hall–Kier alpha value is -1.95. The van der Waals surface area contributed by atoms with Crippen molar-refractivity contribution in [1.82, 2.24) is 4.90 Å². The topological polar surface area (TPSA) is 85.0 Å². The maximum Gasteiger partial charge on any atom is 0.408 e. The Bertz CT molecular complexity index is 732. The van der Waals surface area contributed by atoms with Gasteiger partial charge in [-0.3, -0.25) is 4.90 Å². The molecular weight excluding hydrogens is 392 g/mol. The molecule has 31 heavy (non-hydrogen) atoms. The number of methoxy groups -OCH3 is 1. The largest absolute Gasteiger partial charge is 0.493 e. The number of carboxylic acid groups (broad SMARTS) is 1. The molecule has 3 unspecified atom stereocenters. The highest BCUT2D eigenvalue weighted by molar-refractivity contribution is 5.66. The molecule has 2 saturated carbocycles. The van der Waals surface area contributed by atoms with Crippen LogP contribution in [0.25, 0.3) is 0 Å². The molecule has 4 atom stereocenters. The van der Waals surface area contributed by atoms with Gasteiger partial charge in [0.25, 0.3) is 0 Å². The summed E-state index contributed by atoms with van der Waals surface area (Å²) in [6.45, 7) is 6.86. The predicted octanol–water partition coefficient (Wildman–Crippen LogP) is 5.46. The zero-order chi connectivity index (χ0) is 22.5. The van der Waals surface area contributed by atoms with Crippen molar-refractivity contribution in [2.45, 2.75) is 83.9 Å². The Balaban J connectivity index is 1.94. The molecule has 2 fully saturated rings. The SMILES string of the molecule is COc1ccc([C@H](CN)N(C(=O)O)C2CC(C)CCC2C(C)C)cc1OC1CCCC1. The number of hydrogen-bond acceptors (Lipinski definition) is 4. The van der Waals surface area contributed by atoms with Crippen LogP contribution in [0.1, 0.15) is 77.3 Å². The fraction of sp³-hybridized carbons (Fsp3) is 0.720. The lowest BCUT2D eigenvalue weighted by molar-refractivity contribution is 0.0337. The Morgan fingerprint density at radius 1 is 1.19 bits per heavy atom. The first-order chi connectivity index (χ1) is 14.8. The predicted molar refractivity (Wildman–Crippen MR) is 123 cm³/mol. The average molecular weight is 433 g/mol. The summed E-state index contributed by atoms with van der Waals surface area (Å²) in [7, 11) is 1.64. The van der Waals surface area contributed by atoms with Crippen molar-refractivity contribution in [2.24, 2.45) is 23.5 Å². The first-order valence-corrected chi connectivity index (χ1v) is 11.9. The number of ether oxygens (including phenoxy) is 2. The van der Waals surface area contributed by atoms with E-state index in [1.807, 2.05) is 18.2 Å². The van der Waals surface area contributed by atoms with Crippen LogP contribution in [0.2, 0.25) is 0 Å². The molecule has 6 heteroatoms. The van der Waals surface area contributed by atoms with Gasteiger partial charge in [0.2, 0.25) is 0 Å². The van der Waals surface area contributed by atoms with Gasteiger partial charge >= 0.3 is 6.09 Å². The number of nitrogens with zero attached hydrogens (tertiary/aromatic N) is 1. The third-order valence-corrected chi connectivity index (χ3v) is 7.29. The van der Waals surface area contributed by atoms with Crippen molar-refractivity contribution < 1.29 is 19.4 Å². The van der Waals surface area contributed by atoms with Crippen LogP contribution in [0.3, 0.4) is 0 Å². The van der Waals surface area contributed by atoms with Gasteiger partial charge in [-0.25, -0.2) is 4.79 Å². The van der Waals surface area contributed by atoms with Gasteiger partial charge in [0.1, 0.15) is 0 Å². The third-order valence-electron chi connectivity index (χ3n) is 7.29. The standard InChI is InChI=1S/C25H40N2O4/c1-16(2)20-11-9-17(3)13-21(20)27(25(28)29)22(15-26)18-10-12-23(30-4)24(14-18)31-19-7-5-6-8-19/h10,12,14,16-17,19-22H,5-9,11,13,15,26H2,1-4H3,(H,28,29)/t17?,20?,21?,22-/m0/s1. The molecule has 174 valence electrons. The molecular formula is C25H40N2O4. The number of nitrogens with two attached hydrogens (primary N) is 1. The maximum atomic E-state index is 12.5. The lowest BCUT2D eigenvalue weighted by atomic mass is 9.73. The summed E-state index contributed by atoms with van der Waals surface area (Å²) in [5.74, 6) is 2.65. The van der Waals surface area contributed by atoms with E-state index in [-0.39, 0.29) is 18.7 Å². The summed E-state index contributed by atoms with van der Waals surface area (Å²) in [5.41, 5.74) is 7.09. The molecule has 0 bridgehead atoms. The van der Waals surface area contributed by atoms with Gasteiger partial charge in [-0.05, 0) is 74.0 Å². The Labute approximate surface area is 187 Å². The molecule has 1 amide bonds. The minimum atomic E-state index is -0.894. The van der Waals surface area contributed by atoms with E-state index in [9.17, 15) is 9.90 Å². The minimum Gasteiger partial charge on any atom is -0.493 e. The van der Waals surface area contributed by atoms with Crippen molar-refractivity contribution in [3.8, 4) is 11.5 Å². The van der Waals surface area contributed by atoms with E-state index in [1.165, 1.54) is 12.8 Å². The van der Waals surface area contributed by atoms with E-state index >= 15 is 0 Å². The van der Waals surface area contributed by atoms with Crippen LogP contribution in [-0.4, -0.2) is 41.9 Å². The highest BCUT2D eigenvalue weighted by Crippen LogP contribution is 2.41. The first-order valence-electron chi connectivity index (χ1n) is 11.9. The number of rotatable bonds is 8. The summed E-state index contributed by atoms with van der Waals surface area (Å²) in [6.07, 6.45) is 6.85. The molecule has 3 rings (SSSR count). The zero-order valence-electron chi connectivity index (χ0n) is 19.5. The number of benzene rings is 1. The Morgan fingerprint density at radius 3 is 2.48 bits per heavy atom. The molecule has 0 spiro atoms. The fourth-order valence-electron chi connectivity index (χ4n) is 5.57. The quantitative estimate of drug-likeness (QED) is 0.570. The van der Waals surface area contributed by atoms with Crippen LogP contribution in [0.5, 0.6) is 11.5 Å². The van der Waals surface area contributed by atoms with Crippen LogP contribution in [0.4, 0.5) is 4.79 Å². The van der Waals surface area contributed by atoms with E-state index in [2.05, 4.69) is 20.8 Å². The fourth-order valence-corrected chi connectivity index (χ4v) is 5.57. The van der Waals surface area contributed by atoms with E-state index < -0.39 is 12.1 Å². The second-order valence-corrected chi connectivity index (χ2v) is 9.77. The van der Waals surface area contributed by atoms with Crippen LogP contribution < -0.4 is 15.2 Å². The summed E-state index contributed by atoms with van der Waals surface area (Å²) in [6, 6.07) is 5.32. The van der Waals surface area contributed by atoms with Crippen molar-refractivity contribution in [3.05, 3.63) is 23.8 Å². The van der Waals surface area contributed by atoms with Crippen molar-refractivity contribution in [1.29, 1.82) is 0 Å². The van der Waals surface area contributed by atoms with Crippen molar-refractivity contribution >= 4 is 6.09 Å². The van der Waals surface area contributed by atoms with Gasteiger partial charge in [-0.15, -0.1) is 0 Å². The molecule has 0 aliphatic heterocycles. The van der Waals surface area contributed by atoms with Gasteiger partial charge in [-0.2, -0.15) is 0 Å². The highest BCUT2D eigenvalue weighted by atomic mass is 16.5. The molecule has 0 saturated heterocycles. The molecule has 0 radical (unpaired) electrons. The van der Waals surface area contributed by atoms with Crippen LogP contribution in [0, 0.1) is 17.8 Å². The van der Waals surface area contributed by atoms with Gasteiger partial charge in [0.15, 0.2) is 11.5 Å². The van der Waals surface area contributed by atoms with Crippen LogP contribution in [-0.2, 0) is 0 Å². The monoisotopic (exact) mass is 432 g/mol. The van der Waals surface area contributed by atoms with Gasteiger partial charge in [0.05, 0.1) is 19.3 Å². The number of hydrogen-bond donors (Lipinski definition) is 2. The van der Waals surface area contributed by atoms with E-state index in [0.717, 1.165) is 37.7 Å². The second-order valence-electron chi connectivity index (χ2n) is 9.77. The van der Waals surface area contributed by atoms with Crippen molar-refractivity contribution in [3.63, 3.8) is 0 Å². The summed E-state index contributed by atoms with van der Waals surface area (Å²) in [4.78, 5) is 14.2. The Morgan fingerprint density at radius 2 is 1.90 bits per heavy atom. The van der Waals surface area contributed by atoms with E-state index in [1.54, 1.807) is 12.0 Å². The molecule has 2 aliphatic rings. The number of carbonyl (C=O) groups is 1. The lowest BCUT2D eigenvalue weighted by Crippen LogP contribution is -2.51. The molecule has 0 heterocycles. The smallest absolute Gasteiger partial charge is 0.408 e. The molecule has 1 aromatic rings. The number of amides is 1. The van der Waals surface area contributed by atoms with E-state index in [4.69, 9.17) is 15.2 Å². The van der Waals surface area contributed by atoms with Crippen LogP contribution >= 0.6 is 0 Å². The molecule has 2 aliphatic carbocycles. The molecule has 6 nitrogen and oxygen atoms in total. The van der Waals surface area contributed by atoms with Gasteiger partial charge < -0.3 is 20.3 Å². The maximum absolute atomic E-state index is 12.5. The summed E-state index contributed by atoms with van der Waals surface area (Å²) in [5, 5.41) is 10.3. The highest BCUT2D eigenvalue weighted by Gasteiger charge is 2.40. The first kappa shape index (κ1) is 23.7. The molecule has 3 N–H and O–H groups in total. The lowest BCUT2D eigenvalue weighted by Gasteiger charge is -2.45. The minimum absolute atomic E-state index is 0.0314. The normalized spacial score (nSPS) is 25.4. The molecule has 1 aromatic carbocycles. The average Bonchev–Trinajstić information content (AvgIpc) is 3.24. The zero-order valence-corrected chi connectivity index (χ0v) is 19.5. The second kappa shape index (κ2) is 10.6. The summed E-state index contributed by atoms with van der Waals surface area (Å²) >= 11 is 0. The third kappa shape index (κ3) is 5.46. The summed E-state index contributed by atoms with van der Waals surface area (Å²) < 4.78 is 11.8. The molecule has 0 aromatic heterocycles. The Kier molecular flexibility index (Phi) is 8.09.